The molecule has 0 unspecified atom stereocenters. The van der Waals surface area contributed by atoms with Crippen LogP contribution in [0.4, 0.5) is 0 Å². The number of nitrogens with one attached hydrogen (secondary N) is 2. The summed E-state index contributed by atoms with van der Waals surface area (Å²) in [5, 5.41) is 7.61. The molecular weight excluding hydrogens is 314 g/mol. The number of hydrogen-bond donors (Lipinski definition) is 2. The summed E-state index contributed by atoms with van der Waals surface area (Å²) in [6.45, 7) is 5.26. The van der Waals surface area contributed by atoms with E-state index in [-0.39, 0.29) is 6.04 Å². The monoisotopic (exact) mass is 339 g/mol. The molecule has 1 aromatic carbocycles. The third kappa shape index (κ3) is 7.30. The molecular formula is C16H25N3O3S. The van der Waals surface area contributed by atoms with E-state index in [2.05, 4.69) is 22.8 Å². The second kappa shape index (κ2) is 10.8. The van der Waals surface area contributed by atoms with Gasteiger partial charge in [-0.15, -0.1) is 0 Å². The second-order valence-corrected chi connectivity index (χ2v) is 5.37. The standard InChI is InChI=1S/C16H25N3O3S/c1-5-8-22-14-7-6-13(9-15(14)21-4)10-17-19-16(23)18-12(2)11-20-3/h6-7,9-10,12H,5,8,11H2,1-4H3,(H2,18,19,23)/b17-10-/t12-/m0/s1. The zero-order chi connectivity index (χ0) is 17.1. The van der Waals surface area contributed by atoms with Crippen molar-refractivity contribution in [1.29, 1.82) is 0 Å². The van der Waals surface area contributed by atoms with E-state index < -0.39 is 0 Å². The predicted molar refractivity (Wildman–Crippen MR) is 96.6 cm³/mol. The largest absolute Gasteiger partial charge is 0.493 e. The molecule has 0 saturated carbocycles. The number of hydrogen-bond acceptors (Lipinski definition) is 5. The van der Waals surface area contributed by atoms with Crippen LogP contribution in [0, 0.1) is 0 Å². The van der Waals surface area contributed by atoms with Crippen molar-refractivity contribution >= 4 is 23.5 Å². The summed E-state index contributed by atoms with van der Waals surface area (Å²) in [6, 6.07) is 5.75. The Kier molecular flexibility index (Phi) is 9.01. The highest BCUT2D eigenvalue weighted by atomic mass is 32.1. The molecule has 0 aliphatic rings. The molecule has 1 atom stereocenters. The van der Waals surface area contributed by atoms with E-state index in [1.807, 2.05) is 25.1 Å². The summed E-state index contributed by atoms with van der Waals surface area (Å²) in [7, 11) is 3.26. The zero-order valence-electron chi connectivity index (χ0n) is 14.1. The molecule has 0 radical (unpaired) electrons. The number of hydrazone groups is 1. The average Bonchev–Trinajstić information content (AvgIpc) is 2.53. The van der Waals surface area contributed by atoms with Gasteiger partial charge in [0.1, 0.15) is 0 Å². The lowest BCUT2D eigenvalue weighted by Crippen LogP contribution is -2.40. The molecule has 2 N–H and O–H groups in total. The second-order valence-electron chi connectivity index (χ2n) is 4.96. The minimum Gasteiger partial charge on any atom is -0.493 e. The summed E-state index contributed by atoms with van der Waals surface area (Å²) in [6.07, 6.45) is 2.61. The molecule has 0 spiro atoms. The lowest BCUT2D eigenvalue weighted by Gasteiger charge is -2.13. The molecule has 6 nitrogen and oxygen atoms in total. The van der Waals surface area contributed by atoms with Crippen molar-refractivity contribution in [1.82, 2.24) is 10.7 Å². The maximum atomic E-state index is 5.61. The number of ether oxygens (including phenoxy) is 3. The smallest absolute Gasteiger partial charge is 0.187 e. The fraction of sp³-hybridized carbons (Fsp3) is 0.500. The van der Waals surface area contributed by atoms with Gasteiger partial charge in [0.05, 0.1) is 26.5 Å². The van der Waals surface area contributed by atoms with Crippen molar-refractivity contribution in [2.75, 3.05) is 27.4 Å². The van der Waals surface area contributed by atoms with Crippen LogP contribution in [0.3, 0.4) is 0 Å². The van der Waals surface area contributed by atoms with E-state index in [4.69, 9.17) is 26.4 Å². The van der Waals surface area contributed by atoms with E-state index in [0.717, 1.165) is 17.7 Å². The molecule has 0 aromatic heterocycles. The SMILES string of the molecule is CCCOc1ccc(/C=N\NC(=S)N[C@@H](C)COC)cc1OC. The number of nitrogens with zero attached hydrogens (tertiary/aromatic N) is 1. The van der Waals surface area contributed by atoms with Gasteiger partial charge >= 0.3 is 0 Å². The van der Waals surface area contributed by atoms with Crippen molar-refractivity contribution in [3.8, 4) is 11.5 Å². The maximum absolute atomic E-state index is 5.61. The van der Waals surface area contributed by atoms with Crippen LogP contribution in [0.15, 0.2) is 23.3 Å². The Hall–Kier alpha value is -1.86. The van der Waals surface area contributed by atoms with Gasteiger partial charge in [-0.05, 0) is 49.3 Å². The van der Waals surface area contributed by atoms with Gasteiger partial charge in [0.2, 0.25) is 0 Å². The highest BCUT2D eigenvalue weighted by Gasteiger charge is 2.05. The minimum atomic E-state index is 0.116. The van der Waals surface area contributed by atoms with E-state index in [1.54, 1.807) is 20.4 Å². The van der Waals surface area contributed by atoms with Crippen LogP contribution in [0.2, 0.25) is 0 Å². The van der Waals surface area contributed by atoms with Crippen LogP contribution in [0.1, 0.15) is 25.8 Å². The van der Waals surface area contributed by atoms with Crippen LogP contribution in [-0.4, -0.2) is 44.8 Å². The first-order chi connectivity index (χ1) is 11.1. The Morgan fingerprint density at radius 1 is 1.35 bits per heavy atom. The molecule has 1 rings (SSSR count). The molecule has 0 aliphatic heterocycles. The molecule has 0 bridgehead atoms. The van der Waals surface area contributed by atoms with Crippen LogP contribution in [0.25, 0.3) is 0 Å². The first kappa shape index (κ1) is 19.2. The highest BCUT2D eigenvalue weighted by Crippen LogP contribution is 2.27. The van der Waals surface area contributed by atoms with Gasteiger partial charge in [-0.25, -0.2) is 0 Å². The van der Waals surface area contributed by atoms with Crippen LogP contribution in [-0.2, 0) is 4.74 Å². The quantitative estimate of drug-likeness (QED) is 0.409. The molecule has 0 heterocycles. The van der Waals surface area contributed by atoms with Gasteiger partial charge in [-0.3, -0.25) is 5.43 Å². The first-order valence-corrected chi connectivity index (χ1v) is 7.90. The molecule has 0 saturated heterocycles. The Labute approximate surface area is 143 Å². The molecule has 7 heteroatoms. The molecule has 0 fully saturated rings. The molecule has 0 aliphatic carbocycles. The van der Waals surface area contributed by atoms with Crippen LogP contribution >= 0.6 is 12.2 Å². The number of rotatable bonds is 9. The zero-order valence-corrected chi connectivity index (χ0v) is 14.9. The van der Waals surface area contributed by atoms with Gasteiger partial charge in [0.15, 0.2) is 16.6 Å². The maximum Gasteiger partial charge on any atom is 0.187 e. The van der Waals surface area contributed by atoms with Gasteiger partial charge in [0, 0.05) is 13.2 Å². The fourth-order valence-electron chi connectivity index (χ4n) is 1.81. The summed E-state index contributed by atoms with van der Waals surface area (Å²) >= 11 is 5.14. The average molecular weight is 339 g/mol. The van der Waals surface area contributed by atoms with Gasteiger partial charge < -0.3 is 19.5 Å². The first-order valence-electron chi connectivity index (χ1n) is 7.50. The summed E-state index contributed by atoms with van der Waals surface area (Å²) < 4.78 is 16.0. The van der Waals surface area contributed by atoms with E-state index in [0.29, 0.717) is 24.1 Å². The van der Waals surface area contributed by atoms with Crippen LogP contribution < -0.4 is 20.2 Å². The Morgan fingerprint density at radius 3 is 2.78 bits per heavy atom. The Morgan fingerprint density at radius 2 is 2.13 bits per heavy atom. The third-order valence-electron chi connectivity index (χ3n) is 2.82. The highest BCUT2D eigenvalue weighted by molar-refractivity contribution is 7.80. The Bertz CT molecular complexity index is 523. The summed E-state index contributed by atoms with van der Waals surface area (Å²) in [5.74, 6) is 1.40. The van der Waals surface area contributed by atoms with E-state index in [1.165, 1.54) is 0 Å². The van der Waals surface area contributed by atoms with Crippen molar-refractivity contribution in [2.24, 2.45) is 5.10 Å². The van der Waals surface area contributed by atoms with E-state index >= 15 is 0 Å². The molecule has 128 valence electrons. The molecule has 1 aromatic rings. The van der Waals surface area contributed by atoms with Crippen molar-refractivity contribution in [3.05, 3.63) is 23.8 Å². The summed E-state index contributed by atoms with van der Waals surface area (Å²) in [5.41, 5.74) is 3.65. The number of thiocarbonyl (C=S) groups is 1. The predicted octanol–water partition coefficient (Wildman–Crippen LogP) is 2.32. The van der Waals surface area contributed by atoms with E-state index in [9.17, 15) is 0 Å². The topological polar surface area (TPSA) is 64.1 Å². The number of benzene rings is 1. The van der Waals surface area contributed by atoms with Crippen LogP contribution in [0.5, 0.6) is 11.5 Å². The van der Waals surface area contributed by atoms with Gasteiger partial charge in [0.25, 0.3) is 0 Å². The lowest BCUT2D eigenvalue weighted by molar-refractivity contribution is 0.179. The molecule has 0 amide bonds. The summed E-state index contributed by atoms with van der Waals surface area (Å²) in [4.78, 5) is 0. The lowest BCUT2D eigenvalue weighted by atomic mass is 10.2. The Balaban J connectivity index is 2.57. The van der Waals surface area contributed by atoms with Gasteiger partial charge in [-0.1, -0.05) is 6.92 Å². The normalized spacial score (nSPS) is 12.0. The fourth-order valence-corrected chi connectivity index (χ4v) is 2.06. The minimum absolute atomic E-state index is 0.116. The van der Waals surface area contributed by atoms with Crippen molar-refractivity contribution in [3.63, 3.8) is 0 Å². The van der Waals surface area contributed by atoms with Gasteiger partial charge in [-0.2, -0.15) is 5.10 Å². The van der Waals surface area contributed by atoms with Crippen molar-refractivity contribution < 1.29 is 14.2 Å². The van der Waals surface area contributed by atoms with Crippen molar-refractivity contribution in [2.45, 2.75) is 26.3 Å². The third-order valence-corrected chi connectivity index (χ3v) is 3.03. The molecule has 23 heavy (non-hydrogen) atoms. The number of methoxy groups -OCH3 is 2.